The maximum atomic E-state index is 11.6. The quantitative estimate of drug-likeness (QED) is 0.0867. The number of nitrogens with zero attached hydrogens (tertiary/aromatic N) is 3. The highest BCUT2D eigenvalue weighted by atomic mass is 16.7. The summed E-state index contributed by atoms with van der Waals surface area (Å²) in [6, 6.07) is 0. The molecular weight excluding hydrogens is 706 g/mol. The van der Waals surface area contributed by atoms with Gasteiger partial charge in [0.2, 0.25) is 17.7 Å². The van der Waals surface area contributed by atoms with Crippen LogP contribution in [-0.2, 0) is 52.8 Å². The average Bonchev–Trinajstić information content (AvgIpc) is 3.75. The van der Waals surface area contributed by atoms with E-state index in [2.05, 4.69) is 20.8 Å². The van der Waals surface area contributed by atoms with Crippen molar-refractivity contribution in [1.82, 2.24) is 30.8 Å². The van der Waals surface area contributed by atoms with Crippen molar-refractivity contribution in [2.45, 2.75) is 104 Å². The lowest BCUT2D eigenvalue weighted by Gasteiger charge is -2.14. The molecule has 0 aromatic carbocycles. The number of rotatable bonds is 22. The topological polar surface area (TPSA) is 252 Å². The SMILES string of the molecule is CCNC(=O)CCCCCN.CCNC(=O)CCCCCNC(=O)CCCN1C(=O)C=CC1=O.O=C(CCCN1C(=O)C=CC1=O)ON1C(=O)CCC1=O. The zero-order valence-electron chi connectivity index (χ0n) is 31.4. The number of imide groups is 3. The van der Waals surface area contributed by atoms with Crippen LogP contribution in [0.1, 0.15) is 104 Å². The van der Waals surface area contributed by atoms with Crippen molar-refractivity contribution in [1.29, 1.82) is 0 Å². The molecule has 0 aromatic heterocycles. The van der Waals surface area contributed by atoms with Gasteiger partial charge in [-0.3, -0.25) is 53.0 Å². The molecule has 1 saturated heterocycles. The molecule has 0 unspecified atom stereocenters. The first-order valence-corrected chi connectivity index (χ1v) is 18.5. The van der Waals surface area contributed by atoms with E-state index in [4.69, 9.17) is 5.73 Å². The molecule has 18 nitrogen and oxygen atoms in total. The maximum absolute atomic E-state index is 11.6. The van der Waals surface area contributed by atoms with E-state index in [1.807, 2.05) is 13.8 Å². The molecular formula is C36H55N7O11. The van der Waals surface area contributed by atoms with Crippen LogP contribution < -0.4 is 21.7 Å². The van der Waals surface area contributed by atoms with Gasteiger partial charge in [0.25, 0.3) is 35.4 Å². The fourth-order valence-corrected chi connectivity index (χ4v) is 4.97. The van der Waals surface area contributed by atoms with Crippen LogP contribution in [0.5, 0.6) is 0 Å². The highest BCUT2D eigenvalue weighted by Crippen LogP contribution is 2.13. The normalized spacial score (nSPS) is 14.5. The van der Waals surface area contributed by atoms with Crippen molar-refractivity contribution < 1.29 is 52.8 Å². The van der Waals surface area contributed by atoms with Crippen molar-refractivity contribution in [2.75, 3.05) is 39.3 Å². The van der Waals surface area contributed by atoms with Gasteiger partial charge >= 0.3 is 5.97 Å². The molecule has 0 radical (unpaired) electrons. The minimum absolute atomic E-state index is 0.0363. The van der Waals surface area contributed by atoms with Gasteiger partial charge in [-0.1, -0.05) is 12.8 Å². The highest BCUT2D eigenvalue weighted by Gasteiger charge is 2.33. The zero-order chi connectivity index (χ0) is 40.3. The van der Waals surface area contributed by atoms with Crippen LogP contribution in [0.2, 0.25) is 0 Å². The predicted octanol–water partition coefficient (Wildman–Crippen LogP) is 0.445. The second-order valence-corrected chi connectivity index (χ2v) is 12.2. The fourth-order valence-electron chi connectivity index (χ4n) is 4.97. The molecule has 54 heavy (non-hydrogen) atoms. The zero-order valence-corrected chi connectivity index (χ0v) is 31.4. The Morgan fingerprint density at radius 3 is 1.43 bits per heavy atom. The van der Waals surface area contributed by atoms with Crippen molar-refractivity contribution >= 4 is 59.1 Å². The van der Waals surface area contributed by atoms with E-state index >= 15 is 0 Å². The van der Waals surface area contributed by atoms with Crippen molar-refractivity contribution in [3.05, 3.63) is 24.3 Å². The van der Waals surface area contributed by atoms with E-state index in [-0.39, 0.29) is 74.7 Å². The Kier molecular flexibility index (Phi) is 23.7. The Labute approximate surface area is 315 Å². The van der Waals surface area contributed by atoms with E-state index < -0.39 is 29.6 Å². The van der Waals surface area contributed by atoms with E-state index in [1.165, 1.54) is 12.2 Å². The Morgan fingerprint density at radius 2 is 0.981 bits per heavy atom. The third-order valence-corrected chi connectivity index (χ3v) is 7.81. The molecule has 0 aromatic rings. The molecule has 9 amide bonds. The van der Waals surface area contributed by atoms with Crippen LogP contribution in [-0.4, -0.2) is 113 Å². The standard InChI is InChI=1S/C16H25N3O4.C12H12N2O6.C8H18N2O/c1-2-17-13(20)7-4-3-5-11-18-14(21)8-6-12-19-15(22)9-10-16(19)23;15-8-3-4-9(16)13(8)7-1-2-12(19)20-14-10(17)5-6-11(14)18;1-2-10-8(11)6-4-3-5-7-9/h9-10H,2-8,11-12H2,1H3,(H,17,20)(H,18,21);3-4H,1-2,5-7H2;2-7,9H2,1H3,(H,10,11). The number of hydrogen-bond donors (Lipinski definition) is 4. The van der Waals surface area contributed by atoms with Crippen LogP contribution in [0.25, 0.3) is 0 Å². The number of hydrogen-bond acceptors (Lipinski definition) is 12. The summed E-state index contributed by atoms with van der Waals surface area (Å²) in [6.45, 7) is 6.87. The van der Waals surface area contributed by atoms with Crippen LogP contribution in [0.15, 0.2) is 24.3 Å². The summed E-state index contributed by atoms with van der Waals surface area (Å²) < 4.78 is 0. The van der Waals surface area contributed by atoms with Gasteiger partial charge < -0.3 is 26.5 Å². The fraction of sp³-hybridized carbons (Fsp3) is 0.611. The van der Waals surface area contributed by atoms with E-state index in [9.17, 15) is 47.9 Å². The number of nitrogens with two attached hydrogens (primary N) is 1. The summed E-state index contributed by atoms with van der Waals surface area (Å²) in [5, 5.41) is 8.76. The lowest BCUT2D eigenvalue weighted by atomic mass is 10.2. The van der Waals surface area contributed by atoms with Crippen LogP contribution >= 0.6 is 0 Å². The van der Waals surface area contributed by atoms with Crippen LogP contribution in [0, 0.1) is 0 Å². The minimum atomic E-state index is -0.749. The summed E-state index contributed by atoms with van der Waals surface area (Å²) in [5.41, 5.74) is 5.30. The Morgan fingerprint density at radius 1 is 0.574 bits per heavy atom. The molecule has 1 fully saturated rings. The Bertz CT molecular complexity index is 1340. The van der Waals surface area contributed by atoms with Crippen molar-refractivity contribution in [3.63, 3.8) is 0 Å². The van der Waals surface area contributed by atoms with Gasteiger partial charge in [0.1, 0.15) is 0 Å². The monoisotopic (exact) mass is 761 g/mol. The molecule has 3 rings (SSSR count). The van der Waals surface area contributed by atoms with Gasteiger partial charge in [0.15, 0.2) is 0 Å². The summed E-state index contributed by atoms with van der Waals surface area (Å²) in [5.74, 6) is -3.18. The highest BCUT2D eigenvalue weighted by molar-refractivity contribution is 6.13. The molecule has 0 spiro atoms. The molecule has 300 valence electrons. The van der Waals surface area contributed by atoms with Crippen LogP contribution in [0.3, 0.4) is 0 Å². The first kappa shape index (κ1) is 46.8. The molecule has 18 heteroatoms. The summed E-state index contributed by atoms with van der Waals surface area (Å²) in [4.78, 5) is 119. The third kappa shape index (κ3) is 19.5. The summed E-state index contributed by atoms with van der Waals surface area (Å²) >= 11 is 0. The van der Waals surface area contributed by atoms with Gasteiger partial charge in [-0.25, -0.2) is 4.79 Å². The lowest BCUT2D eigenvalue weighted by molar-refractivity contribution is -0.197. The maximum Gasteiger partial charge on any atom is 0.333 e. The molecule has 0 atom stereocenters. The number of unbranched alkanes of at least 4 members (excludes halogenated alkanes) is 4. The number of carbonyl (C=O) groups excluding carboxylic acids is 10. The molecule has 0 saturated carbocycles. The number of carbonyl (C=O) groups is 10. The molecule has 3 heterocycles. The third-order valence-electron chi connectivity index (χ3n) is 7.81. The van der Waals surface area contributed by atoms with Crippen LogP contribution in [0.4, 0.5) is 0 Å². The first-order valence-electron chi connectivity index (χ1n) is 18.5. The predicted molar refractivity (Wildman–Crippen MR) is 194 cm³/mol. The molecule has 0 bridgehead atoms. The van der Waals surface area contributed by atoms with E-state index in [0.717, 1.165) is 73.6 Å². The van der Waals surface area contributed by atoms with Crippen molar-refractivity contribution in [2.24, 2.45) is 5.73 Å². The van der Waals surface area contributed by atoms with Gasteiger partial charge in [0.05, 0.1) is 0 Å². The van der Waals surface area contributed by atoms with Gasteiger partial charge in [-0.2, -0.15) is 0 Å². The smallest absolute Gasteiger partial charge is 0.333 e. The Hall–Kier alpha value is -5.26. The average molecular weight is 762 g/mol. The molecule has 5 N–H and O–H groups in total. The lowest BCUT2D eigenvalue weighted by Crippen LogP contribution is -2.33. The Balaban J connectivity index is 0.000000430. The second-order valence-electron chi connectivity index (χ2n) is 12.2. The largest absolute Gasteiger partial charge is 0.356 e. The molecule has 3 aliphatic rings. The first-order chi connectivity index (χ1) is 25.8. The molecule has 0 aliphatic carbocycles. The van der Waals surface area contributed by atoms with Crippen molar-refractivity contribution in [3.8, 4) is 0 Å². The number of amides is 9. The van der Waals surface area contributed by atoms with Gasteiger partial charge in [0, 0.05) is 95.6 Å². The van der Waals surface area contributed by atoms with Gasteiger partial charge in [-0.15, -0.1) is 5.06 Å². The summed E-state index contributed by atoms with van der Waals surface area (Å²) in [7, 11) is 0. The van der Waals surface area contributed by atoms with E-state index in [0.29, 0.717) is 37.4 Å². The number of hydroxylamine groups is 2. The minimum Gasteiger partial charge on any atom is -0.356 e. The summed E-state index contributed by atoms with van der Waals surface area (Å²) in [6.07, 6.45) is 12.5. The van der Waals surface area contributed by atoms with Gasteiger partial charge in [-0.05, 0) is 58.9 Å². The second kappa shape index (κ2) is 27.4. The number of nitrogens with one attached hydrogen (secondary N) is 3. The van der Waals surface area contributed by atoms with E-state index in [1.54, 1.807) is 0 Å². The molecule has 3 aliphatic heterocycles.